The van der Waals surface area contributed by atoms with Crippen LogP contribution in [0.25, 0.3) is 0 Å². The Morgan fingerprint density at radius 2 is 1.76 bits per heavy atom. The van der Waals surface area contributed by atoms with E-state index < -0.39 is 0 Å². The van der Waals surface area contributed by atoms with Gasteiger partial charge in [-0.05, 0) is 32.5 Å². The van der Waals surface area contributed by atoms with Gasteiger partial charge < -0.3 is 14.4 Å². The Labute approximate surface area is 128 Å². The number of hydrogen-bond donors (Lipinski definition) is 0. The fourth-order valence-electron chi connectivity index (χ4n) is 2.32. The first-order valence-corrected chi connectivity index (χ1v) is 7.98. The SMILES string of the molecule is CCC(C)Oc1ccccc1OCCN1CCN(C)CC1. The number of likely N-dealkylation sites (N-methyl/N-ethyl adjacent to an activating group) is 1. The van der Waals surface area contributed by atoms with Crippen LogP contribution in [0.3, 0.4) is 0 Å². The molecule has 0 aliphatic carbocycles. The van der Waals surface area contributed by atoms with Crippen molar-refractivity contribution in [3.05, 3.63) is 24.3 Å². The van der Waals surface area contributed by atoms with Crippen LogP contribution in [0.15, 0.2) is 24.3 Å². The number of nitrogens with zero attached hydrogens (tertiary/aromatic N) is 2. The lowest BCUT2D eigenvalue weighted by molar-refractivity contribution is 0.131. The average molecular weight is 292 g/mol. The summed E-state index contributed by atoms with van der Waals surface area (Å²) in [6.07, 6.45) is 1.21. The maximum absolute atomic E-state index is 5.93. The molecule has 4 heteroatoms. The van der Waals surface area contributed by atoms with E-state index in [1.165, 1.54) is 0 Å². The van der Waals surface area contributed by atoms with Gasteiger partial charge in [0.2, 0.25) is 0 Å². The van der Waals surface area contributed by atoms with Crippen LogP contribution < -0.4 is 9.47 Å². The maximum Gasteiger partial charge on any atom is 0.161 e. The molecule has 0 amide bonds. The van der Waals surface area contributed by atoms with Crippen molar-refractivity contribution in [2.24, 2.45) is 0 Å². The molecule has 1 aliphatic rings. The van der Waals surface area contributed by atoms with Crippen molar-refractivity contribution < 1.29 is 9.47 Å². The first-order chi connectivity index (χ1) is 10.2. The van der Waals surface area contributed by atoms with E-state index >= 15 is 0 Å². The quantitative estimate of drug-likeness (QED) is 0.771. The number of rotatable bonds is 7. The van der Waals surface area contributed by atoms with Gasteiger partial charge in [0.25, 0.3) is 0 Å². The number of hydrogen-bond acceptors (Lipinski definition) is 4. The molecule has 0 aromatic heterocycles. The van der Waals surface area contributed by atoms with Gasteiger partial charge in [-0.15, -0.1) is 0 Å². The van der Waals surface area contributed by atoms with Gasteiger partial charge in [-0.3, -0.25) is 4.90 Å². The summed E-state index contributed by atoms with van der Waals surface area (Å²) in [6.45, 7) is 10.5. The highest BCUT2D eigenvalue weighted by Gasteiger charge is 2.14. The lowest BCUT2D eigenvalue weighted by Gasteiger charge is -2.32. The molecule has 1 aliphatic heterocycles. The Hall–Kier alpha value is -1.26. The molecule has 1 aromatic carbocycles. The third-order valence-electron chi connectivity index (χ3n) is 4.01. The van der Waals surface area contributed by atoms with Crippen molar-refractivity contribution in [3.8, 4) is 11.5 Å². The van der Waals surface area contributed by atoms with E-state index in [4.69, 9.17) is 9.47 Å². The second-order valence-electron chi connectivity index (χ2n) is 5.78. The third-order valence-corrected chi connectivity index (χ3v) is 4.01. The van der Waals surface area contributed by atoms with Gasteiger partial charge in [0.15, 0.2) is 11.5 Å². The molecular weight excluding hydrogens is 264 g/mol. The van der Waals surface area contributed by atoms with Crippen LogP contribution in [0.4, 0.5) is 0 Å². The van der Waals surface area contributed by atoms with E-state index in [-0.39, 0.29) is 6.10 Å². The van der Waals surface area contributed by atoms with Crippen molar-refractivity contribution in [3.63, 3.8) is 0 Å². The predicted molar refractivity (Wildman–Crippen MR) is 86.3 cm³/mol. The topological polar surface area (TPSA) is 24.9 Å². The molecule has 1 aromatic rings. The number of piperazine rings is 1. The Kier molecular flexibility index (Phi) is 6.33. The van der Waals surface area contributed by atoms with Crippen LogP contribution in [0.5, 0.6) is 11.5 Å². The van der Waals surface area contributed by atoms with Gasteiger partial charge >= 0.3 is 0 Å². The van der Waals surface area contributed by atoms with Crippen LogP contribution in [0, 0.1) is 0 Å². The van der Waals surface area contributed by atoms with E-state index in [2.05, 4.69) is 30.7 Å². The van der Waals surface area contributed by atoms with Gasteiger partial charge in [-0.1, -0.05) is 19.1 Å². The van der Waals surface area contributed by atoms with Gasteiger partial charge in [-0.25, -0.2) is 0 Å². The van der Waals surface area contributed by atoms with Crippen molar-refractivity contribution >= 4 is 0 Å². The number of ether oxygens (including phenoxy) is 2. The summed E-state index contributed by atoms with van der Waals surface area (Å²) in [5.74, 6) is 1.71. The highest BCUT2D eigenvalue weighted by Crippen LogP contribution is 2.27. The summed E-state index contributed by atoms with van der Waals surface area (Å²) < 4.78 is 11.8. The minimum absolute atomic E-state index is 0.215. The van der Waals surface area contributed by atoms with E-state index in [1.54, 1.807) is 0 Å². The molecule has 118 valence electrons. The van der Waals surface area contributed by atoms with Crippen molar-refractivity contribution in [2.45, 2.75) is 26.4 Å². The summed E-state index contributed by atoms with van der Waals surface area (Å²) in [7, 11) is 2.18. The predicted octanol–water partition coefficient (Wildman–Crippen LogP) is 2.49. The highest BCUT2D eigenvalue weighted by atomic mass is 16.5. The molecule has 1 fully saturated rings. The molecule has 0 N–H and O–H groups in total. The van der Waals surface area contributed by atoms with Crippen LogP contribution in [0.1, 0.15) is 20.3 Å². The van der Waals surface area contributed by atoms with E-state index in [0.29, 0.717) is 6.61 Å². The molecule has 4 nitrogen and oxygen atoms in total. The summed E-state index contributed by atoms with van der Waals surface area (Å²) >= 11 is 0. The molecule has 2 rings (SSSR count). The second kappa shape index (κ2) is 8.25. The van der Waals surface area contributed by atoms with Gasteiger partial charge in [0.1, 0.15) is 6.61 Å². The van der Waals surface area contributed by atoms with E-state index in [1.807, 2.05) is 24.3 Å². The average Bonchev–Trinajstić information content (AvgIpc) is 2.51. The molecule has 1 atom stereocenters. The van der Waals surface area contributed by atoms with Crippen LogP contribution in [-0.2, 0) is 0 Å². The lowest BCUT2D eigenvalue weighted by atomic mass is 10.3. The normalized spacial score (nSPS) is 18.4. The van der Waals surface area contributed by atoms with E-state index in [0.717, 1.165) is 50.6 Å². The first kappa shape index (κ1) is 16.1. The summed E-state index contributed by atoms with van der Waals surface area (Å²) in [6, 6.07) is 7.96. The standard InChI is InChI=1S/C17H28N2O2/c1-4-15(2)21-17-8-6-5-7-16(17)20-14-13-19-11-9-18(3)10-12-19/h5-8,15H,4,9-14H2,1-3H3. The fraction of sp³-hybridized carbons (Fsp3) is 0.647. The van der Waals surface area contributed by atoms with Gasteiger partial charge in [-0.2, -0.15) is 0 Å². The van der Waals surface area contributed by atoms with Crippen molar-refractivity contribution in [2.75, 3.05) is 46.4 Å². The zero-order valence-electron chi connectivity index (χ0n) is 13.5. The molecular formula is C17H28N2O2. The van der Waals surface area contributed by atoms with Crippen LogP contribution in [-0.4, -0.2) is 62.3 Å². The molecule has 0 bridgehead atoms. The Balaban J connectivity index is 1.80. The molecule has 1 unspecified atom stereocenters. The molecule has 1 heterocycles. The minimum Gasteiger partial charge on any atom is -0.488 e. The summed E-state index contributed by atoms with van der Waals surface area (Å²) in [5, 5.41) is 0. The minimum atomic E-state index is 0.215. The molecule has 21 heavy (non-hydrogen) atoms. The largest absolute Gasteiger partial charge is 0.488 e. The Morgan fingerprint density at radius 1 is 1.10 bits per heavy atom. The fourth-order valence-corrected chi connectivity index (χ4v) is 2.32. The van der Waals surface area contributed by atoms with E-state index in [9.17, 15) is 0 Å². The Morgan fingerprint density at radius 3 is 2.43 bits per heavy atom. The number of benzene rings is 1. The van der Waals surface area contributed by atoms with Crippen LogP contribution in [0.2, 0.25) is 0 Å². The first-order valence-electron chi connectivity index (χ1n) is 7.98. The monoisotopic (exact) mass is 292 g/mol. The van der Waals surface area contributed by atoms with Crippen LogP contribution >= 0.6 is 0 Å². The highest BCUT2D eigenvalue weighted by molar-refractivity contribution is 5.39. The second-order valence-corrected chi connectivity index (χ2v) is 5.78. The third kappa shape index (κ3) is 5.21. The number of para-hydroxylation sites is 2. The summed E-state index contributed by atoms with van der Waals surface area (Å²) in [4.78, 5) is 4.82. The zero-order chi connectivity index (χ0) is 15.1. The smallest absolute Gasteiger partial charge is 0.161 e. The maximum atomic E-state index is 5.93. The van der Waals surface area contributed by atoms with Gasteiger partial charge in [0.05, 0.1) is 6.10 Å². The molecule has 0 spiro atoms. The Bertz CT molecular complexity index is 417. The summed E-state index contributed by atoms with van der Waals surface area (Å²) in [5.41, 5.74) is 0. The molecule has 0 radical (unpaired) electrons. The van der Waals surface area contributed by atoms with Crippen molar-refractivity contribution in [1.82, 2.24) is 9.80 Å². The molecule has 1 saturated heterocycles. The zero-order valence-corrected chi connectivity index (χ0v) is 13.5. The lowest BCUT2D eigenvalue weighted by Crippen LogP contribution is -2.45. The van der Waals surface area contributed by atoms with Gasteiger partial charge in [0, 0.05) is 32.7 Å². The molecule has 0 saturated carbocycles. The van der Waals surface area contributed by atoms with Crippen molar-refractivity contribution in [1.29, 1.82) is 0 Å².